The lowest BCUT2D eigenvalue weighted by atomic mass is 9.94. The molecule has 1 aliphatic rings. The zero-order chi connectivity index (χ0) is 23.9. The molecule has 0 radical (unpaired) electrons. The lowest BCUT2D eigenvalue weighted by Gasteiger charge is -2.24. The van der Waals surface area contributed by atoms with Crippen LogP contribution in [0, 0.1) is 17.0 Å². The molecule has 0 saturated heterocycles. The van der Waals surface area contributed by atoms with Crippen LogP contribution in [-0.2, 0) is 9.53 Å². The molecule has 2 aromatic heterocycles. The molecule has 3 aromatic rings. The standard InChI is InChI=1S/C22H18BrN3O6S/c1-4-31-21(28)18-12(3)24-22-25(19(18)13-6-5-11(2)15(9-13)26(29)30)20(27)16(33-22)10-14-7-8-17(23)32-14/h5-10,19H,4H2,1-3H3/b16-10+/t19-/m0/s1. The van der Waals surface area contributed by atoms with E-state index in [2.05, 4.69) is 20.9 Å². The number of nitro groups is 1. The van der Waals surface area contributed by atoms with Crippen molar-refractivity contribution in [1.29, 1.82) is 0 Å². The number of nitro benzene ring substituents is 1. The van der Waals surface area contributed by atoms with Crippen LogP contribution < -0.4 is 14.9 Å². The summed E-state index contributed by atoms with van der Waals surface area (Å²) in [7, 11) is 0. The minimum absolute atomic E-state index is 0.104. The van der Waals surface area contributed by atoms with E-state index in [4.69, 9.17) is 9.15 Å². The lowest BCUT2D eigenvalue weighted by Crippen LogP contribution is -2.40. The third kappa shape index (κ3) is 4.21. The number of benzene rings is 1. The monoisotopic (exact) mass is 531 g/mol. The van der Waals surface area contributed by atoms with Crippen molar-refractivity contribution >= 4 is 45.0 Å². The van der Waals surface area contributed by atoms with Crippen LogP contribution in [0.3, 0.4) is 0 Å². The van der Waals surface area contributed by atoms with Crippen LogP contribution in [0.4, 0.5) is 5.69 Å². The molecular weight excluding hydrogens is 514 g/mol. The molecule has 4 rings (SSSR count). The zero-order valence-electron chi connectivity index (χ0n) is 17.8. The van der Waals surface area contributed by atoms with E-state index >= 15 is 0 Å². The summed E-state index contributed by atoms with van der Waals surface area (Å²) in [6.07, 6.45) is 1.59. The number of rotatable bonds is 5. The Hall–Kier alpha value is -3.31. The SMILES string of the molecule is CCOC(=O)C1=C(C)N=c2s/c(=C/c3ccc(Br)o3)c(=O)n2[C@H]1c1ccc(C)c([N+](=O)[O-])c1. The Morgan fingerprint density at radius 1 is 1.36 bits per heavy atom. The highest BCUT2D eigenvalue weighted by molar-refractivity contribution is 9.10. The van der Waals surface area contributed by atoms with Gasteiger partial charge in [0.15, 0.2) is 9.47 Å². The number of aryl methyl sites for hydroxylation is 1. The zero-order valence-corrected chi connectivity index (χ0v) is 20.2. The molecule has 0 spiro atoms. The first-order valence-electron chi connectivity index (χ1n) is 9.91. The first-order chi connectivity index (χ1) is 15.7. The topological polar surface area (TPSA) is 117 Å². The highest BCUT2D eigenvalue weighted by atomic mass is 79.9. The van der Waals surface area contributed by atoms with Gasteiger partial charge in [-0.3, -0.25) is 19.5 Å². The molecule has 0 aliphatic carbocycles. The molecule has 1 aliphatic heterocycles. The quantitative estimate of drug-likeness (QED) is 0.283. The maximum absolute atomic E-state index is 13.4. The van der Waals surface area contributed by atoms with Crippen LogP contribution >= 0.6 is 27.3 Å². The number of halogens is 1. The predicted octanol–water partition coefficient (Wildman–Crippen LogP) is 3.37. The van der Waals surface area contributed by atoms with E-state index in [1.165, 1.54) is 10.6 Å². The van der Waals surface area contributed by atoms with Gasteiger partial charge in [-0.05, 0) is 54.4 Å². The van der Waals surface area contributed by atoms with Gasteiger partial charge >= 0.3 is 5.97 Å². The summed E-state index contributed by atoms with van der Waals surface area (Å²) in [5.74, 6) is -0.160. The number of hydrogen-bond acceptors (Lipinski definition) is 8. The van der Waals surface area contributed by atoms with Crippen LogP contribution in [0.2, 0.25) is 0 Å². The van der Waals surface area contributed by atoms with Crippen LogP contribution in [0.15, 0.2) is 60.5 Å². The number of fused-ring (bicyclic) bond motifs is 1. The molecule has 1 aromatic carbocycles. The number of thiazole rings is 1. The lowest BCUT2D eigenvalue weighted by molar-refractivity contribution is -0.385. The number of aromatic nitrogens is 1. The third-order valence-electron chi connectivity index (χ3n) is 5.13. The highest BCUT2D eigenvalue weighted by Gasteiger charge is 2.34. The second-order valence-corrected chi connectivity index (χ2v) is 9.04. The Kier molecular flexibility index (Phi) is 6.17. The minimum Gasteiger partial charge on any atom is -0.463 e. The average Bonchev–Trinajstić information content (AvgIpc) is 3.30. The Bertz CT molecular complexity index is 1500. The summed E-state index contributed by atoms with van der Waals surface area (Å²) in [6, 6.07) is 7.15. The van der Waals surface area contributed by atoms with Gasteiger partial charge in [0.2, 0.25) is 0 Å². The minimum atomic E-state index is -0.926. The smallest absolute Gasteiger partial charge is 0.338 e. The van der Waals surface area contributed by atoms with Gasteiger partial charge in [-0.15, -0.1) is 0 Å². The fourth-order valence-electron chi connectivity index (χ4n) is 3.64. The maximum Gasteiger partial charge on any atom is 0.338 e. The van der Waals surface area contributed by atoms with E-state index in [0.717, 1.165) is 11.3 Å². The van der Waals surface area contributed by atoms with E-state index in [-0.39, 0.29) is 17.9 Å². The molecule has 0 unspecified atom stereocenters. The summed E-state index contributed by atoms with van der Waals surface area (Å²) in [5.41, 5.74) is 0.933. The second kappa shape index (κ2) is 8.91. The van der Waals surface area contributed by atoms with Crippen molar-refractivity contribution in [3.05, 3.63) is 93.0 Å². The van der Waals surface area contributed by atoms with Crippen molar-refractivity contribution in [2.75, 3.05) is 6.61 Å². The van der Waals surface area contributed by atoms with Gasteiger partial charge in [0.1, 0.15) is 5.76 Å². The largest absolute Gasteiger partial charge is 0.463 e. The van der Waals surface area contributed by atoms with Crippen molar-refractivity contribution < 1.29 is 18.9 Å². The van der Waals surface area contributed by atoms with Gasteiger partial charge in [0.05, 0.1) is 33.4 Å². The fourth-order valence-corrected chi connectivity index (χ4v) is 4.98. The Balaban J connectivity index is 1.99. The Labute approximate surface area is 199 Å². The summed E-state index contributed by atoms with van der Waals surface area (Å²) < 4.78 is 13.0. The molecule has 0 bridgehead atoms. The third-order valence-corrected chi connectivity index (χ3v) is 6.54. The van der Waals surface area contributed by atoms with Crippen LogP contribution in [0.25, 0.3) is 6.08 Å². The van der Waals surface area contributed by atoms with Crippen molar-refractivity contribution in [1.82, 2.24) is 4.57 Å². The van der Waals surface area contributed by atoms with E-state index in [0.29, 0.717) is 36.6 Å². The summed E-state index contributed by atoms with van der Waals surface area (Å²) in [5, 5.41) is 11.6. The number of allylic oxidation sites excluding steroid dienone is 1. The van der Waals surface area contributed by atoms with Gasteiger partial charge in [0, 0.05) is 17.7 Å². The molecule has 3 heterocycles. The molecule has 33 heavy (non-hydrogen) atoms. The normalized spacial score (nSPS) is 15.9. The molecule has 1 atom stereocenters. The number of ether oxygens (including phenoxy) is 1. The number of esters is 1. The number of carbonyl (C=O) groups excluding carboxylic acids is 1. The maximum atomic E-state index is 13.4. The molecule has 0 amide bonds. The van der Waals surface area contributed by atoms with Crippen LogP contribution in [0.5, 0.6) is 0 Å². The highest BCUT2D eigenvalue weighted by Crippen LogP contribution is 2.33. The molecule has 0 fully saturated rings. The predicted molar refractivity (Wildman–Crippen MR) is 125 cm³/mol. The van der Waals surface area contributed by atoms with Crippen molar-refractivity contribution in [3.8, 4) is 0 Å². The van der Waals surface area contributed by atoms with Gasteiger partial charge in [-0.1, -0.05) is 23.5 Å². The first-order valence-corrected chi connectivity index (χ1v) is 11.5. The average molecular weight is 532 g/mol. The van der Waals surface area contributed by atoms with Gasteiger partial charge < -0.3 is 9.15 Å². The molecule has 11 heteroatoms. The summed E-state index contributed by atoms with van der Waals surface area (Å²) in [4.78, 5) is 42.3. The Morgan fingerprint density at radius 2 is 2.12 bits per heavy atom. The van der Waals surface area contributed by atoms with Crippen LogP contribution in [0.1, 0.15) is 36.8 Å². The molecule has 0 saturated carbocycles. The van der Waals surface area contributed by atoms with Crippen molar-refractivity contribution in [2.45, 2.75) is 26.8 Å². The number of hydrogen-bond donors (Lipinski definition) is 0. The van der Waals surface area contributed by atoms with E-state index in [1.54, 1.807) is 51.1 Å². The first kappa shape index (κ1) is 22.9. The molecule has 9 nitrogen and oxygen atoms in total. The van der Waals surface area contributed by atoms with Gasteiger partial charge in [-0.25, -0.2) is 9.79 Å². The fraction of sp³-hybridized carbons (Fsp3) is 0.227. The summed E-state index contributed by atoms with van der Waals surface area (Å²) >= 11 is 4.38. The molecular formula is C22H18BrN3O6S. The van der Waals surface area contributed by atoms with Crippen molar-refractivity contribution in [2.24, 2.45) is 4.99 Å². The van der Waals surface area contributed by atoms with Gasteiger partial charge in [0.25, 0.3) is 11.2 Å². The second-order valence-electron chi connectivity index (χ2n) is 7.25. The molecule has 170 valence electrons. The summed E-state index contributed by atoms with van der Waals surface area (Å²) in [6.45, 7) is 5.09. The van der Waals surface area contributed by atoms with E-state index < -0.39 is 22.5 Å². The number of furan rings is 1. The van der Waals surface area contributed by atoms with Crippen molar-refractivity contribution in [3.63, 3.8) is 0 Å². The number of nitrogens with zero attached hydrogens (tertiary/aromatic N) is 3. The van der Waals surface area contributed by atoms with E-state index in [9.17, 15) is 19.7 Å². The van der Waals surface area contributed by atoms with Gasteiger partial charge in [-0.2, -0.15) is 0 Å². The number of carbonyl (C=O) groups is 1. The molecule has 0 N–H and O–H groups in total. The Morgan fingerprint density at radius 3 is 2.76 bits per heavy atom. The van der Waals surface area contributed by atoms with E-state index in [1.807, 2.05) is 0 Å². The van der Waals surface area contributed by atoms with Crippen LogP contribution in [-0.4, -0.2) is 22.1 Å².